The number of carbonyl (C=O) groups excluding carboxylic acids is 1. The van der Waals surface area contributed by atoms with Gasteiger partial charge in [-0.15, -0.1) is 0 Å². The van der Waals surface area contributed by atoms with E-state index in [1.165, 1.54) is 32.6 Å². The van der Waals surface area contributed by atoms with E-state index < -0.39 is 6.10 Å². The lowest BCUT2D eigenvalue weighted by Crippen LogP contribution is -2.39. The number of carbonyl (C=O) groups is 1. The number of aliphatic hydroxyl groups is 1. The molecule has 76 valence electrons. The van der Waals surface area contributed by atoms with Gasteiger partial charge in [0.25, 0.3) is 0 Å². The Balaban J connectivity index is 2.29. The molecular formula is C10H19NO2. The molecule has 1 aliphatic rings. The lowest BCUT2D eigenvalue weighted by Gasteiger charge is -2.16. The van der Waals surface area contributed by atoms with Crippen molar-refractivity contribution >= 4 is 5.91 Å². The summed E-state index contributed by atoms with van der Waals surface area (Å²) in [6.45, 7) is 1.51. The quantitative estimate of drug-likeness (QED) is 0.635. The molecule has 1 rings (SSSR count). The molecule has 0 aromatic carbocycles. The van der Waals surface area contributed by atoms with Crippen molar-refractivity contribution in [3.63, 3.8) is 0 Å². The molecule has 0 heterocycles. The van der Waals surface area contributed by atoms with Gasteiger partial charge < -0.3 is 10.4 Å². The third-order valence-corrected chi connectivity index (χ3v) is 2.58. The van der Waals surface area contributed by atoms with E-state index in [1.807, 2.05) is 0 Å². The van der Waals surface area contributed by atoms with Crippen molar-refractivity contribution in [3.8, 4) is 0 Å². The van der Waals surface area contributed by atoms with Crippen LogP contribution in [0.3, 0.4) is 0 Å². The number of aliphatic hydroxyl groups excluding tert-OH is 1. The largest absolute Gasteiger partial charge is 0.384 e. The summed E-state index contributed by atoms with van der Waals surface area (Å²) in [5.74, 6) is -0.230. The predicted molar refractivity (Wildman–Crippen MR) is 51.3 cm³/mol. The van der Waals surface area contributed by atoms with Crippen LogP contribution in [0.25, 0.3) is 0 Å². The molecule has 0 aromatic heterocycles. The lowest BCUT2D eigenvalue weighted by molar-refractivity contribution is -0.129. The Kier molecular flexibility index (Phi) is 4.22. The van der Waals surface area contributed by atoms with Crippen LogP contribution in [-0.2, 0) is 4.79 Å². The van der Waals surface area contributed by atoms with Crippen LogP contribution in [0.2, 0.25) is 0 Å². The van der Waals surface area contributed by atoms with Gasteiger partial charge in [0.2, 0.25) is 5.91 Å². The predicted octanol–water partition coefficient (Wildman–Crippen LogP) is 1.21. The highest BCUT2D eigenvalue weighted by Gasteiger charge is 2.16. The van der Waals surface area contributed by atoms with Gasteiger partial charge in [0.05, 0.1) is 0 Å². The van der Waals surface area contributed by atoms with Gasteiger partial charge in [0.1, 0.15) is 6.10 Å². The van der Waals surface area contributed by atoms with E-state index in [0.29, 0.717) is 6.04 Å². The molecule has 3 nitrogen and oxygen atoms in total. The van der Waals surface area contributed by atoms with Gasteiger partial charge in [-0.05, 0) is 19.8 Å². The number of hydrogen-bond acceptors (Lipinski definition) is 2. The van der Waals surface area contributed by atoms with Crippen LogP contribution in [-0.4, -0.2) is 23.2 Å². The minimum atomic E-state index is -0.872. The minimum absolute atomic E-state index is 0.230. The lowest BCUT2D eigenvalue weighted by atomic mass is 10.1. The SMILES string of the molecule is CC(O)C(=O)NC1CCCCCC1. The average molecular weight is 185 g/mol. The average Bonchev–Trinajstić information content (AvgIpc) is 2.32. The van der Waals surface area contributed by atoms with Gasteiger partial charge >= 0.3 is 0 Å². The highest BCUT2D eigenvalue weighted by Crippen LogP contribution is 2.17. The van der Waals surface area contributed by atoms with Crippen LogP contribution >= 0.6 is 0 Å². The van der Waals surface area contributed by atoms with Gasteiger partial charge in [-0.25, -0.2) is 0 Å². The molecule has 0 spiro atoms. The van der Waals surface area contributed by atoms with E-state index >= 15 is 0 Å². The zero-order valence-electron chi connectivity index (χ0n) is 8.25. The number of rotatable bonds is 2. The van der Waals surface area contributed by atoms with Crippen molar-refractivity contribution in [1.82, 2.24) is 5.32 Å². The molecule has 0 aromatic rings. The fraction of sp³-hybridized carbons (Fsp3) is 0.900. The first-order valence-corrected chi connectivity index (χ1v) is 5.18. The van der Waals surface area contributed by atoms with Crippen molar-refractivity contribution in [2.24, 2.45) is 0 Å². The van der Waals surface area contributed by atoms with Crippen LogP contribution < -0.4 is 5.32 Å². The zero-order chi connectivity index (χ0) is 9.68. The van der Waals surface area contributed by atoms with E-state index in [0.717, 1.165) is 12.8 Å². The maximum absolute atomic E-state index is 11.2. The van der Waals surface area contributed by atoms with Crippen molar-refractivity contribution in [3.05, 3.63) is 0 Å². The van der Waals surface area contributed by atoms with Crippen molar-refractivity contribution < 1.29 is 9.90 Å². The second kappa shape index (κ2) is 5.22. The monoisotopic (exact) mass is 185 g/mol. The van der Waals surface area contributed by atoms with Crippen LogP contribution in [0.15, 0.2) is 0 Å². The van der Waals surface area contributed by atoms with Gasteiger partial charge in [-0.2, -0.15) is 0 Å². The first-order valence-electron chi connectivity index (χ1n) is 5.18. The summed E-state index contributed by atoms with van der Waals surface area (Å²) in [5.41, 5.74) is 0. The molecule has 1 amide bonds. The summed E-state index contributed by atoms with van der Waals surface area (Å²) in [5, 5.41) is 11.9. The Hall–Kier alpha value is -0.570. The summed E-state index contributed by atoms with van der Waals surface area (Å²) < 4.78 is 0. The normalized spacial score (nSPS) is 22.0. The van der Waals surface area contributed by atoms with E-state index in [4.69, 9.17) is 5.11 Å². The second-order valence-electron chi connectivity index (χ2n) is 3.87. The molecule has 0 bridgehead atoms. The second-order valence-corrected chi connectivity index (χ2v) is 3.87. The molecule has 13 heavy (non-hydrogen) atoms. The van der Waals surface area contributed by atoms with Crippen molar-refractivity contribution in [2.75, 3.05) is 0 Å². The molecule has 0 aliphatic heterocycles. The smallest absolute Gasteiger partial charge is 0.248 e. The Morgan fingerprint density at radius 3 is 2.31 bits per heavy atom. The van der Waals surface area contributed by atoms with E-state index in [1.54, 1.807) is 0 Å². The molecule has 0 saturated heterocycles. The topological polar surface area (TPSA) is 49.3 Å². The van der Waals surface area contributed by atoms with E-state index in [9.17, 15) is 4.79 Å². The zero-order valence-corrected chi connectivity index (χ0v) is 8.25. The van der Waals surface area contributed by atoms with Gasteiger partial charge in [0.15, 0.2) is 0 Å². The summed E-state index contributed by atoms with van der Waals surface area (Å²) in [7, 11) is 0. The van der Waals surface area contributed by atoms with E-state index in [-0.39, 0.29) is 5.91 Å². The van der Waals surface area contributed by atoms with Gasteiger partial charge in [0, 0.05) is 6.04 Å². The first kappa shape index (κ1) is 10.5. The standard InChI is InChI=1S/C10H19NO2/c1-8(12)10(13)11-9-6-4-2-3-5-7-9/h8-9,12H,2-7H2,1H3,(H,11,13). The van der Waals surface area contributed by atoms with Crippen molar-refractivity contribution in [1.29, 1.82) is 0 Å². The molecule has 1 fully saturated rings. The van der Waals surface area contributed by atoms with Crippen LogP contribution in [0, 0.1) is 0 Å². The molecule has 1 aliphatic carbocycles. The summed E-state index contributed by atoms with van der Waals surface area (Å²) >= 11 is 0. The maximum Gasteiger partial charge on any atom is 0.248 e. The number of nitrogens with one attached hydrogen (secondary N) is 1. The van der Waals surface area contributed by atoms with E-state index in [2.05, 4.69) is 5.32 Å². The number of amides is 1. The van der Waals surface area contributed by atoms with Crippen LogP contribution in [0.5, 0.6) is 0 Å². The molecule has 2 N–H and O–H groups in total. The first-order chi connectivity index (χ1) is 6.20. The molecule has 0 radical (unpaired) electrons. The highest BCUT2D eigenvalue weighted by atomic mass is 16.3. The highest BCUT2D eigenvalue weighted by molar-refractivity contribution is 5.80. The Morgan fingerprint density at radius 2 is 1.85 bits per heavy atom. The molecular weight excluding hydrogens is 166 g/mol. The minimum Gasteiger partial charge on any atom is -0.384 e. The Bertz CT molecular complexity index is 160. The summed E-state index contributed by atoms with van der Waals surface area (Å²) in [4.78, 5) is 11.2. The molecule has 3 heteroatoms. The molecule has 1 atom stereocenters. The summed E-state index contributed by atoms with van der Waals surface area (Å²) in [6, 6.07) is 0.296. The third-order valence-electron chi connectivity index (χ3n) is 2.58. The Labute approximate surface area is 79.5 Å². The van der Waals surface area contributed by atoms with Gasteiger partial charge in [-0.1, -0.05) is 25.7 Å². The number of hydrogen-bond donors (Lipinski definition) is 2. The van der Waals surface area contributed by atoms with Crippen LogP contribution in [0.4, 0.5) is 0 Å². The third kappa shape index (κ3) is 3.77. The summed E-state index contributed by atoms with van der Waals surface area (Å²) in [6.07, 6.45) is 6.22. The van der Waals surface area contributed by atoms with Gasteiger partial charge in [-0.3, -0.25) is 4.79 Å². The molecule has 1 saturated carbocycles. The molecule has 1 unspecified atom stereocenters. The maximum atomic E-state index is 11.2. The van der Waals surface area contributed by atoms with Crippen molar-refractivity contribution in [2.45, 2.75) is 57.6 Å². The van der Waals surface area contributed by atoms with Crippen LogP contribution in [0.1, 0.15) is 45.4 Å². The fourth-order valence-electron chi connectivity index (χ4n) is 1.75. The fourth-order valence-corrected chi connectivity index (χ4v) is 1.75. The Morgan fingerprint density at radius 1 is 1.31 bits per heavy atom.